The Hall–Kier alpha value is -1.57. The van der Waals surface area contributed by atoms with Gasteiger partial charge in [-0.25, -0.2) is 0 Å². The molecule has 2 aliphatic rings. The summed E-state index contributed by atoms with van der Waals surface area (Å²) in [5.74, 6) is 1.18. The summed E-state index contributed by atoms with van der Waals surface area (Å²) in [6.45, 7) is 0. The van der Waals surface area contributed by atoms with E-state index in [1.807, 2.05) is 6.07 Å². The minimum atomic E-state index is 0.384. The fourth-order valence-electron chi connectivity index (χ4n) is 3.04. The molecule has 0 aliphatic heterocycles. The van der Waals surface area contributed by atoms with Crippen molar-refractivity contribution in [1.29, 1.82) is 0 Å². The van der Waals surface area contributed by atoms with Gasteiger partial charge in [-0.3, -0.25) is 0 Å². The molecule has 0 amide bonds. The van der Waals surface area contributed by atoms with E-state index in [1.165, 1.54) is 5.56 Å². The van der Waals surface area contributed by atoms with Crippen molar-refractivity contribution in [3.8, 4) is 0 Å². The summed E-state index contributed by atoms with van der Waals surface area (Å²) in [5, 5.41) is 12.6. The molecule has 1 aromatic rings. The molecule has 2 heteroatoms. The van der Waals surface area contributed by atoms with E-state index in [0.717, 1.165) is 18.6 Å². The number of hydrogen-bond donors (Lipinski definition) is 1. The van der Waals surface area contributed by atoms with Gasteiger partial charge in [0.1, 0.15) is 0 Å². The van der Waals surface area contributed by atoms with Gasteiger partial charge in [0.2, 0.25) is 0 Å². The number of allylic oxidation sites excluding steroid dienone is 2. The summed E-state index contributed by atoms with van der Waals surface area (Å²) in [7, 11) is 0. The maximum atomic E-state index is 9.09. The van der Waals surface area contributed by atoms with Crippen molar-refractivity contribution in [1.82, 2.24) is 0 Å². The standard InChI is InChI=1S/C14H15NO/c16-15-14-11-6-8-12(13(14)9-7-11)10-4-2-1-3-5-10/h1-6,8,11-13,16H,7,9H2/b15-14+/t11-,12-,13+/m1/s1. The van der Waals surface area contributed by atoms with Crippen molar-refractivity contribution in [3.63, 3.8) is 0 Å². The first-order chi connectivity index (χ1) is 7.90. The largest absolute Gasteiger partial charge is 0.411 e. The molecule has 1 N–H and O–H groups in total. The van der Waals surface area contributed by atoms with E-state index < -0.39 is 0 Å². The normalized spacial score (nSPS) is 34.5. The van der Waals surface area contributed by atoms with Crippen molar-refractivity contribution in [2.24, 2.45) is 17.0 Å². The minimum absolute atomic E-state index is 0.384. The molecule has 1 aromatic carbocycles. The number of benzene rings is 1. The van der Waals surface area contributed by atoms with Gasteiger partial charge >= 0.3 is 0 Å². The Labute approximate surface area is 95.3 Å². The van der Waals surface area contributed by atoms with Crippen LogP contribution in [0, 0.1) is 11.8 Å². The highest BCUT2D eigenvalue weighted by Gasteiger charge is 2.39. The summed E-state index contributed by atoms with van der Waals surface area (Å²) < 4.78 is 0. The lowest BCUT2D eigenvalue weighted by Crippen LogP contribution is -2.23. The van der Waals surface area contributed by atoms with E-state index >= 15 is 0 Å². The van der Waals surface area contributed by atoms with E-state index in [4.69, 9.17) is 5.21 Å². The Bertz CT molecular complexity index is 435. The molecule has 0 unspecified atom stereocenters. The summed E-state index contributed by atoms with van der Waals surface area (Å²) >= 11 is 0. The first kappa shape index (κ1) is 9.64. The molecule has 3 rings (SSSR count). The van der Waals surface area contributed by atoms with Gasteiger partial charge in [0.05, 0.1) is 5.71 Å². The quantitative estimate of drug-likeness (QED) is 0.433. The van der Waals surface area contributed by atoms with Crippen LogP contribution in [0.1, 0.15) is 24.3 Å². The molecule has 2 nitrogen and oxygen atoms in total. The van der Waals surface area contributed by atoms with E-state index in [0.29, 0.717) is 17.8 Å². The Kier molecular flexibility index (Phi) is 2.28. The number of rotatable bonds is 1. The second-order valence-electron chi connectivity index (χ2n) is 4.64. The van der Waals surface area contributed by atoms with Crippen LogP contribution in [-0.2, 0) is 0 Å². The van der Waals surface area contributed by atoms with E-state index in [9.17, 15) is 0 Å². The molecular formula is C14H15NO. The number of oxime groups is 1. The van der Waals surface area contributed by atoms with Gasteiger partial charge in [0, 0.05) is 17.8 Å². The van der Waals surface area contributed by atoms with Gasteiger partial charge in [-0.2, -0.15) is 0 Å². The van der Waals surface area contributed by atoms with Gasteiger partial charge < -0.3 is 5.21 Å². The molecule has 0 radical (unpaired) electrons. The van der Waals surface area contributed by atoms with Crippen molar-refractivity contribution in [2.45, 2.75) is 18.8 Å². The summed E-state index contributed by atoms with van der Waals surface area (Å²) in [6.07, 6.45) is 6.75. The smallest absolute Gasteiger partial charge is 0.0679 e. The second-order valence-corrected chi connectivity index (χ2v) is 4.64. The summed E-state index contributed by atoms with van der Waals surface area (Å²) in [5.41, 5.74) is 2.31. The lowest BCUT2D eigenvalue weighted by atomic mass is 9.79. The van der Waals surface area contributed by atoms with Gasteiger partial charge in [-0.15, -0.1) is 0 Å². The maximum absolute atomic E-state index is 9.09. The van der Waals surface area contributed by atoms with Crippen molar-refractivity contribution < 1.29 is 5.21 Å². The van der Waals surface area contributed by atoms with Crippen LogP contribution >= 0.6 is 0 Å². The lowest BCUT2D eigenvalue weighted by Gasteiger charge is -2.25. The van der Waals surface area contributed by atoms with Crippen molar-refractivity contribution in [2.75, 3.05) is 0 Å². The van der Waals surface area contributed by atoms with Gasteiger partial charge in [-0.05, 0) is 18.4 Å². The molecule has 2 bridgehead atoms. The maximum Gasteiger partial charge on any atom is 0.0679 e. The molecule has 82 valence electrons. The topological polar surface area (TPSA) is 32.6 Å². The highest BCUT2D eigenvalue weighted by molar-refractivity contribution is 5.93. The monoisotopic (exact) mass is 213 g/mol. The fraction of sp³-hybridized carbons (Fsp3) is 0.357. The van der Waals surface area contributed by atoms with Crippen LogP contribution in [0.15, 0.2) is 47.6 Å². The number of fused-ring (bicyclic) bond motifs is 2. The third-order valence-electron chi connectivity index (χ3n) is 3.83. The van der Waals surface area contributed by atoms with E-state index in [1.54, 1.807) is 0 Å². The predicted molar refractivity (Wildman–Crippen MR) is 63.8 cm³/mol. The van der Waals surface area contributed by atoms with Gasteiger partial charge in [0.15, 0.2) is 0 Å². The second kappa shape index (κ2) is 3.78. The molecule has 3 atom stereocenters. The van der Waals surface area contributed by atoms with E-state index in [2.05, 4.69) is 41.6 Å². The summed E-state index contributed by atoms with van der Waals surface area (Å²) in [4.78, 5) is 0. The van der Waals surface area contributed by atoms with Crippen molar-refractivity contribution >= 4 is 5.71 Å². The zero-order valence-electron chi connectivity index (χ0n) is 9.08. The molecule has 16 heavy (non-hydrogen) atoms. The zero-order chi connectivity index (χ0) is 11.0. The zero-order valence-corrected chi connectivity index (χ0v) is 9.08. The molecule has 2 aliphatic carbocycles. The third-order valence-corrected chi connectivity index (χ3v) is 3.83. The fourth-order valence-corrected chi connectivity index (χ4v) is 3.04. The number of hydrogen-bond acceptors (Lipinski definition) is 2. The highest BCUT2D eigenvalue weighted by atomic mass is 16.4. The molecule has 0 spiro atoms. The van der Waals surface area contributed by atoms with E-state index in [-0.39, 0.29) is 0 Å². The van der Waals surface area contributed by atoms with Crippen LogP contribution in [0.4, 0.5) is 0 Å². The Balaban J connectivity index is 1.99. The van der Waals surface area contributed by atoms with Crippen molar-refractivity contribution in [3.05, 3.63) is 48.0 Å². The first-order valence-electron chi connectivity index (χ1n) is 5.85. The first-order valence-corrected chi connectivity index (χ1v) is 5.85. The van der Waals surface area contributed by atoms with Crippen LogP contribution in [0.25, 0.3) is 0 Å². The summed E-state index contributed by atoms with van der Waals surface area (Å²) in [6, 6.07) is 10.5. The number of nitrogens with zero attached hydrogens (tertiary/aromatic N) is 1. The predicted octanol–water partition coefficient (Wildman–Crippen LogP) is 3.20. The van der Waals surface area contributed by atoms with Gasteiger partial charge in [0.25, 0.3) is 0 Å². The molecule has 0 aromatic heterocycles. The minimum Gasteiger partial charge on any atom is -0.411 e. The Morgan fingerprint density at radius 3 is 2.62 bits per heavy atom. The molecule has 0 heterocycles. The van der Waals surface area contributed by atoms with Crippen LogP contribution in [-0.4, -0.2) is 10.9 Å². The van der Waals surface area contributed by atoms with Crippen LogP contribution < -0.4 is 0 Å². The Morgan fingerprint density at radius 1 is 1.06 bits per heavy atom. The SMILES string of the molecule is O/N=C1\[C@@H]2C=C[C@H](c3ccccc3)[C@@H]1CC2. The molecular weight excluding hydrogens is 198 g/mol. The molecule has 1 fully saturated rings. The average molecular weight is 213 g/mol. The molecule has 1 saturated carbocycles. The van der Waals surface area contributed by atoms with Gasteiger partial charge in [-0.1, -0.05) is 47.6 Å². The van der Waals surface area contributed by atoms with Crippen LogP contribution in [0.5, 0.6) is 0 Å². The van der Waals surface area contributed by atoms with Crippen LogP contribution in [0.3, 0.4) is 0 Å². The Morgan fingerprint density at radius 2 is 1.88 bits per heavy atom. The average Bonchev–Trinajstić information content (AvgIpc) is 2.63. The van der Waals surface area contributed by atoms with Crippen LogP contribution in [0.2, 0.25) is 0 Å². The molecule has 0 saturated heterocycles. The lowest BCUT2D eigenvalue weighted by molar-refractivity contribution is 0.312. The highest BCUT2D eigenvalue weighted by Crippen LogP contribution is 2.43. The third kappa shape index (κ3) is 1.37.